The van der Waals surface area contributed by atoms with Crippen molar-refractivity contribution in [2.75, 3.05) is 6.61 Å². The van der Waals surface area contributed by atoms with Crippen molar-refractivity contribution in [3.05, 3.63) is 108 Å². The van der Waals surface area contributed by atoms with Crippen molar-refractivity contribution >= 4 is 11.9 Å². The van der Waals surface area contributed by atoms with Crippen LogP contribution in [0.25, 0.3) is 11.1 Å². The molecule has 0 saturated heterocycles. The van der Waals surface area contributed by atoms with Gasteiger partial charge in [0.2, 0.25) is 5.54 Å². The summed E-state index contributed by atoms with van der Waals surface area (Å²) in [6, 6.07) is 25.3. The highest BCUT2D eigenvalue weighted by molar-refractivity contribution is 6.05. The van der Waals surface area contributed by atoms with E-state index in [4.69, 9.17) is 15.2 Å². The van der Waals surface area contributed by atoms with E-state index in [1.807, 2.05) is 66.7 Å². The van der Waals surface area contributed by atoms with Crippen molar-refractivity contribution in [3.8, 4) is 11.1 Å². The van der Waals surface area contributed by atoms with Crippen LogP contribution in [0, 0.1) is 0 Å². The maximum absolute atomic E-state index is 13.0. The van der Waals surface area contributed by atoms with Crippen LogP contribution in [0.5, 0.6) is 0 Å². The third kappa shape index (κ3) is 4.07. The van der Waals surface area contributed by atoms with Crippen molar-refractivity contribution in [2.45, 2.75) is 24.5 Å². The topological polar surface area (TPSA) is 78.6 Å². The standard InChI is InChI=1S/C27H25NO4/c1-2-16-27(28,25(29)31-17-19-10-4-3-5-11-19)26(30)32-18-24-22-14-8-6-12-20(22)21-13-7-9-15-23(21)24/h2-15,24H,1,16-18,28H2. The molecule has 0 aliphatic heterocycles. The van der Waals surface area contributed by atoms with Crippen LogP contribution in [-0.2, 0) is 25.7 Å². The van der Waals surface area contributed by atoms with E-state index in [0.717, 1.165) is 27.8 Å². The molecule has 1 aliphatic carbocycles. The molecule has 0 aromatic heterocycles. The predicted molar refractivity (Wildman–Crippen MR) is 123 cm³/mol. The van der Waals surface area contributed by atoms with Crippen molar-refractivity contribution in [1.82, 2.24) is 0 Å². The molecule has 1 atom stereocenters. The first-order valence-corrected chi connectivity index (χ1v) is 10.5. The van der Waals surface area contributed by atoms with Crippen molar-refractivity contribution < 1.29 is 19.1 Å². The summed E-state index contributed by atoms with van der Waals surface area (Å²) in [7, 11) is 0. The van der Waals surface area contributed by atoms with Gasteiger partial charge in [0.1, 0.15) is 13.2 Å². The van der Waals surface area contributed by atoms with Crippen LogP contribution in [0.3, 0.4) is 0 Å². The smallest absolute Gasteiger partial charge is 0.338 e. The molecule has 0 saturated carbocycles. The normalized spacial score (nSPS) is 14.0. The Morgan fingerprint density at radius 1 is 0.844 bits per heavy atom. The molecular formula is C27H25NO4. The van der Waals surface area contributed by atoms with Gasteiger partial charge < -0.3 is 15.2 Å². The molecule has 162 valence electrons. The first kappa shape index (κ1) is 21.5. The lowest BCUT2D eigenvalue weighted by Gasteiger charge is -2.25. The van der Waals surface area contributed by atoms with Gasteiger partial charge >= 0.3 is 11.9 Å². The van der Waals surface area contributed by atoms with Crippen LogP contribution in [0.15, 0.2) is 91.5 Å². The number of benzene rings is 3. The Hall–Kier alpha value is -3.70. The van der Waals surface area contributed by atoms with Gasteiger partial charge in [-0.1, -0.05) is 84.9 Å². The van der Waals surface area contributed by atoms with Crippen LogP contribution in [0.1, 0.15) is 29.0 Å². The van der Waals surface area contributed by atoms with Crippen molar-refractivity contribution in [2.24, 2.45) is 5.73 Å². The van der Waals surface area contributed by atoms with E-state index >= 15 is 0 Å². The van der Waals surface area contributed by atoms with Crippen LogP contribution in [-0.4, -0.2) is 24.1 Å². The van der Waals surface area contributed by atoms with E-state index in [0.29, 0.717) is 0 Å². The minimum absolute atomic E-state index is 0.0203. The maximum Gasteiger partial charge on any atom is 0.338 e. The lowest BCUT2D eigenvalue weighted by Crippen LogP contribution is -2.56. The lowest BCUT2D eigenvalue weighted by molar-refractivity contribution is -0.165. The van der Waals surface area contributed by atoms with Gasteiger partial charge in [0.15, 0.2) is 0 Å². The molecule has 3 aromatic rings. The molecule has 1 unspecified atom stereocenters. The summed E-state index contributed by atoms with van der Waals surface area (Å²) >= 11 is 0. The molecule has 32 heavy (non-hydrogen) atoms. The van der Waals surface area contributed by atoms with Gasteiger partial charge in [-0.15, -0.1) is 6.58 Å². The summed E-state index contributed by atoms with van der Waals surface area (Å²) in [6.45, 7) is 3.73. The predicted octanol–water partition coefficient (Wildman–Crippen LogP) is 4.36. The van der Waals surface area contributed by atoms with Gasteiger partial charge in [0.25, 0.3) is 0 Å². The Kier molecular flexibility index (Phi) is 6.19. The number of nitrogens with two attached hydrogens (primary N) is 1. The zero-order valence-electron chi connectivity index (χ0n) is 17.7. The van der Waals surface area contributed by atoms with Crippen LogP contribution >= 0.6 is 0 Å². The zero-order valence-corrected chi connectivity index (χ0v) is 17.7. The minimum Gasteiger partial charge on any atom is -0.463 e. The van der Waals surface area contributed by atoms with E-state index in [1.165, 1.54) is 6.08 Å². The highest BCUT2D eigenvalue weighted by Crippen LogP contribution is 2.44. The Morgan fingerprint density at radius 2 is 1.38 bits per heavy atom. The number of ether oxygens (including phenoxy) is 2. The Balaban J connectivity index is 1.48. The molecule has 0 radical (unpaired) electrons. The van der Waals surface area contributed by atoms with Crippen LogP contribution in [0.4, 0.5) is 0 Å². The summed E-state index contributed by atoms with van der Waals surface area (Å²) in [6.07, 6.45) is 1.34. The van der Waals surface area contributed by atoms with Crippen molar-refractivity contribution in [3.63, 3.8) is 0 Å². The number of carbonyl (C=O) groups is 2. The molecule has 5 nitrogen and oxygen atoms in total. The minimum atomic E-state index is -1.95. The number of esters is 2. The highest BCUT2D eigenvalue weighted by Gasteiger charge is 2.45. The third-order valence-electron chi connectivity index (χ3n) is 5.75. The lowest BCUT2D eigenvalue weighted by atomic mass is 9.95. The van der Waals surface area contributed by atoms with Gasteiger partial charge in [-0.3, -0.25) is 0 Å². The molecule has 5 heteroatoms. The molecule has 0 spiro atoms. The number of hydrogen-bond acceptors (Lipinski definition) is 5. The number of rotatable bonds is 8. The van der Waals surface area contributed by atoms with E-state index in [2.05, 4.69) is 18.7 Å². The molecule has 0 bridgehead atoms. The van der Waals surface area contributed by atoms with Gasteiger partial charge in [-0.2, -0.15) is 0 Å². The van der Waals surface area contributed by atoms with Gasteiger partial charge in [0.05, 0.1) is 0 Å². The molecule has 1 aliphatic rings. The monoisotopic (exact) mass is 427 g/mol. The van der Waals surface area contributed by atoms with Crippen LogP contribution in [0.2, 0.25) is 0 Å². The molecule has 0 amide bonds. The fourth-order valence-electron chi connectivity index (χ4n) is 4.06. The molecular weight excluding hydrogens is 402 g/mol. The summed E-state index contributed by atoms with van der Waals surface area (Å²) in [5, 5.41) is 0. The Labute approximate surface area is 187 Å². The number of fused-ring (bicyclic) bond motifs is 3. The first-order valence-electron chi connectivity index (χ1n) is 10.5. The molecule has 4 rings (SSSR count). The van der Waals surface area contributed by atoms with E-state index in [1.54, 1.807) is 0 Å². The molecule has 2 N–H and O–H groups in total. The molecule has 0 heterocycles. The van der Waals surface area contributed by atoms with Gasteiger partial charge in [-0.05, 0) is 27.8 Å². The fourth-order valence-corrected chi connectivity index (χ4v) is 4.06. The second kappa shape index (κ2) is 9.20. The fraction of sp³-hybridized carbons (Fsp3) is 0.185. The summed E-state index contributed by atoms with van der Waals surface area (Å²) in [5.41, 5.74) is 9.47. The van der Waals surface area contributed by atoms with E-state index < -0.39 is 17.5 Å². The summed E-state index contributed by atoms with van der Waals surface area (Å²) in [5.74, 6) is -1.78. The Morgan fingerprint density at radius 3 is 1.97 bits per heavy atom. The first-order chi connectivity index (χ1) is 15.5. The Bertz CT molecular complexity index is 1100. The second-order valence-electron chi connectivity index (χ2n) is 7.85. The van der Waals surface area contributed by atoms with Gasteiger partial charge in [-0.25, -0.2) is 9.59 Å². The average molecular weight is 428 g/mol. The van der Waals surface area contributed by atoms with Gasteiger partial charge in [0, 0.05) is 12.3 Å². The largest absolute Gasteiger partial charge is 0.463 e. The summed E-state index contributed by atoms with van der Waals surface area (Å²) in [4.78, 5) is 25.8. The molecule has 3 aromatic carbocycles. The highest BCUT2D eigenvalue weighted by atomic mass is 16.6. The van der Waals surface area contributed by atoms with E-state index in [9.17, 15) is 9.59 Å². The average Bonchev–Trinajstić information content (AvgIpc) is 3.15. The SMILES string of the molecule is C=CCC(N)(C(=O)OCc1ccccc1)C(=O)OCC1c2ccccc2-c2ccccc21. The zero-order chi connectivity index (χ0) is 22.6. The quantitative estimate of drug-likeness (QED) is 0.328. The maximum atomic E-state index is 13.0. The second-order valence-corrected chi connectivity index (χ2v) is 7.85. The number of carbonyl (C=O) groups excluding carboxylic acids is 2. The number of hydrogen-bond donors (Lipinski definition) is 1. The van der Waals surface area contributed by atoms with Crippen LogP contribution < -0.4 is 5.73 Å². The van der Waals surface area contributed by atoms with E-state index in [-0.39, 0.29) is 25.6 Å². The summed E-state index contributed by atoms with van der Waals surface area (Å²) < 4.78 is 11.0. The third-order valence-corrected chi connectivity index (χ3v) is 5.75. The molecule has 0 fully saturated rings. The van der Waals surface area contributed by atoms with Crippen molar-refractivity contribution in [1.29, 1.82) is 0 Å².